The van der Waals surface area contributed by atoms with Crippen molar-refractivity contribution in [2.75, 3.05) is 32.4 Å². The lowest BCUT2D eigenvalue weighted by Gasteiger charge is -2.33. The highest BCUT2D eigenvalue weighted by molar-refractivity contribution is 7.93. The molecule has 0 amide bonds. The molecule has 2 heterocycles. The number of hydrogen-bond acceptors (Lipinski definition) is 7. The van der Waals surface area contributed by atoms with Crippen LogP contribution in [-0.2, 0) is 29.9 Å². The largest absolute Gasteiger partial charge is 0.263 e. The Hall–Kier alpha value is -1.86. The molecule has 1 aromatic carbocycles. The fraction of sp³-hybridized carbons (Fsp3) is 0.312. The van der Waals surface area contributed by atoms with Gasteiger partial charge in [-0.25, -0.2) is 25.3 Å². The third kappa shape index (κ3) is 3.96. The summed E-state index contributed by atoms with van der Waals surface area (Å²) in [4.78, 5) is 3.26. The topological polar surface area (TPSA) is 122 Å². The first-order valence-electron chi connectivity index (χ1n) is 8.24. The molecular weight excluding hydrogens is 426 g/mol. The highest BCUT2D eigenvalue weighted by Gasteiger charge is 2.35. The summed E-state index contributed by atoms with van der Waals surface area (Å²) in [6.45, 7) is -0.255. The zero-order valence-corrected chi connectivity index (χ0v) is 17.4. The van der Waals surface area contributed by atoms with Crippen LogP contribution in [0, 0.1) is 0 Å². The lowest BCUT2D eigenvalue weighted by atomic mass is 10.4. The van der Waals surface area contributed by atoms with Crippen molar-refractivity contribution in [1.29, 1.82) is 0 Å². The van der Waals surface area contributed by atoms with E-state index in [2.05, 4.69) is 4.98 Å². The summed E-state index contributed by atoms with van der Waals surface area (Å²) >= 11 is 0. The van der Waals surface area contributed by atoms with E-state index in [1.165, 1.54) is 53.1 Å². The van der Waals surface area contributed by atoms with Gasteiger partial charge in [-0.2, -0.15) is 8.61 Å². The Balaban J connectivity index is 1.84. The molecule has 0 bridgehead atoms. The van der Waals surface area contributed by atoms with E-state index in [-0.39, 0.29) is 40.9 Å². The summed E-state index contributed by atoms with van der Waals surface area (Å²) in [6, 6.07) is 8.32. The molecule has 0 aliphatic carbocycles. The Labute approximate surface area is 164 Å². The minimum absolute atomic E-state index is 0.0359. The molecule has 0 atom stereocenters. The minimum Gasteiger partial charge on any atom is -0.263 e. The molecular formula is C16H19N3O6S3. The van der Waals surface area contributed by atoms with Crippen molar-refractivity contribution in [3.8, 4) is 0 Å². The van der Waals surface area contributed by atoms with Crippen LogP contribution >= 0.6 is 0 Å². The average molecular weight is 446 g/mol. The van der Waals surface area contributed by atoms with E-state index in [0.29, 0.717) is 0 Å². The number of benzene rings is 1. The minimum atomic E-state index is -4.09. The Morgan fingerprint density at radius 1 is 0.750 bits per heavy atom. The first-order chi connectivity index (χ1) is 13.0. The molecule has 1 fully saturated rings. The maximum absolute atomic E-state index is 13.0. The molecule has 0 spiro atoms. The van der Waals surface area contributed by atoms with Gasteiger partial charge >= 0.3 is 0 Å². The summed E-state index contributed by atoms with van der Waals surface area (Å²) in [5.41, 5.74) is 0. The molecule has 152 valence electrons. The number of aromatic nitrogens is 1. The quantitative estimate of drug-likeness (QED) is 0.643. The SMILES string of the molecule is CS(=O)(=O)c1ccccc1S(=O)(=O)N1CCN(S(=O)(=O)c2cccnc2)CC1. The van der Waals surface area contributed by atoms with Gasteiger partial charge in [0.1, 0.15) is 9.79 Å². The third-order valence-electron chi connectivity index (χ3n) is 4.34. The van der Waals surface area contributed by atoms with Gasteiger partial charge in [-0.05, 0) is 24.3 Å². The molecule has 12 heteroatoms. The van der Waals surface area contributed by atoms with Gasteiger partial charge in [-0.15, -0.1) is 0 Å². The molecule has 0 unspecified atom stereocenters. The number of nitrogens with zero attached hydrogens (tertiary/aromatic N) is 3. The summed E-state index contributed by atoms with van der Waals surface area (Å²) in [7, 11) is -11.6. The smallest absolute Gasteiger partial charge is 0.244 e. The second-order valence-corrected chi connectivity index (χ2v) is 12.0. The molecule has 28 heavy (non-hydrogen) atoms. The lowest BCUT2D eigenvalue weighted by Crippen LogP contribution is -2.50. The number of pyridine rings is 1. The van der Waals surface area contributed by atoms with Crippen molar-refractivity contribution >= 4 is 29.9 Å². The molecule has 1 aromatic heterocycles. The molecule has 0 radical (unpaired) electrons. The van der Waals surface area contributed by atoms with Crippen molar-refractivity contribution in [3.05, 3.63) is 48.8 Å². The predicted molar refractivity (Wildman–Crippen MR) is 101 cm³/mol. The van der Waals surface area contributed by atoms with E-state index in [1.807, 2.05) is 0 Å². The molecule has 0 N–H and O–H groups in total. The maximum atomic E-state index is 13.0. The van der Waals surface area contributed by atoms with Gasteiger partial charge in [0.25, 0.3) is 0 Å². The number of piperazine rings is 1. The van der Waals surface area contributed by atoms with Gasteiger partial charge in [-0.3, -0.25) is 4.98 Å². The Kier molecular flexibility index (Phi) is 5.60. The van der Waals surface area contributed by atoms with Crippen LogP contribution in [0.15, 0.2) is 63.5 Å². The van der Waals surface area contributed by atoms with Gasteiger partial charge in [0, 0.05) is 44.8 Å². The van der Waals surface area contributed by atoms with Gasteiger partial charge < -0.3 is 0 Å². The Morgan fingerprint density at radius 2 is 1.29 bits per heavy atom. The van der Waals surface area contributed by atoms with Crippen LogP contribution in [0.5, 0.6) is 0 Å². The number of sulfone groups is 1. The molecule has 9 nitrogen and oxygen atoms in total. The first kappa shape index (κ1) is 20.9. The summed E-state index contributed by atoms with van der Waals surface area (Å²) in [6.07, 6.45) is 3.64. The standard InChI is InChI=1S/C16H19N3O6S3/c1-26(20,21)15-6-2-3-7-16(15)28(24,25)19-11-9-18(10-12-19)27(22,23)14-5-4-8-17-13-14/h2-8,13H,9-12H2,1H3. The van der Waals surface area contributed by atoms with Crippen molar-refractivity contribution in [1.82, 2.24) is 13.6 Å². The van der Waals surface area contributed by atoms with E-state index in [9.17, 15) is 25.3 Å². The first-order valence-corrected chi connectivity index (χ1v) is 13.0. The second kappa shape index (κ2) is 7.52. The third-order valence-corrected chi connectivity index (χ3v) is 9.46. The zero-order chi connectivity index (χ0) is 20.6. The van der Waals surface area contributed by atoms with Crippen LogP contribution in [0.4, 0.5) is 0 Å². The van der Waals surface area contributed by atoms with Crippen LogP contribution in [0.2, 0.25) is 0 Å². The van der Waals surface area contributed by atoms with Crippen molar-refractivity contribution < 1.29 is 25.3 Å². The van der Waals surface area contributed by atoms with E-state index < -0.39 is 29.9 Å². The number of rotatable bonds is 5. The predicted octanol–water partition coefficient (Wildman–Crippen LogP) is 0.180. The molecule has 1 aliphatic heterocycles. The zero-order valence-electron chi connectivity index (χ0n) is 15.0. The fourth-order valence-corrected chi connectivity index (χ4v) is 7.32. The summed E-state index contributed by atoms with van der Waals surface area (Å²) < 4.78 is 77.4. The maximum Gasteiger partial charge on any atom is 0.244 e. The molecule has 1 aliphatic rings. The van der Waals surface area contributed by atoms with Gasteiger partial charge in [0.15, 0.2) is 9.84 Å². The highest BCUT2D eigenvalue weighted by atomic mass is 32.2. The van der Waals surface area contributed by atoms with Crippen molar-refractivity contribution in [2.24, 2.45) is 0 Å². The fourth-order valence-electron chi connectivity index (χ4n) is 2.91. The molecule has 2 aromatic rings. The van der Waals surface area contributed by atoms with Crippen LogP contribution in [0.25, 0.3) is 0 Å². The molecule has 0 saturated carbocycles. The van der Waals surface area contributed by atoms with Gasteiger partial charge in [-0.1, -0.05) is 12.1 Å². The number of sulfonamides is 2. The average Bonchev–Trinajstić information content (AvgIpc) is 2.68. The van der Waals surface area contributed by atoms with Crippen molar-refractivity contribution in [3.63, 3.8) is 0 Å². The van der Waals surface area contributed by atoms with Crippen LogP contribution in [0.1, 0.15) is 0 Å². The summed E-state index contributed by atoms with van der Waals surface area (Å²) in [5.74, 6) is 0. The van der Waals surface area contributed by atoms with E-state index in [0.717, 1.165) is 10.6 Å². The van der Waals surface area contributed by atoms with E-state index in [4.69, 9.17) is 0 Å². The highest BCUT2D eigenvalue weighted by Crippen LogP contribution is 2.26. The van der Waals surface area contributed by atoms with Crippen LogP contribution < -0.4 is 0 Å². The van der Waals surface area contributed by atoms with E-state index >= 15 is 0 Å². The summed E-state index contributed by atoms with van der Waals surface area (Å²) in [5, 5.41) is 0. The van der Waals surface area contributed by atoms with Gasteiger partial charge in [0.2, 0.25) is 20.0 Å². The van der Waals surface area contributed by atoms with Crippen LogP contribution in [-0.4, -0.2) is 71.3 Å². The van der Waals surface area contributed by atoms with Crippen molar-refractivity contribution in [2.45, 2.75) is 14.7 Å². The molecule has 1 saturated heterocycles. The van der Waals surface area contributed by atoms with Gasteiger partial charge in [0.05, 0.1) is 4.90 Å². The lowest BCUT2D eigenvalue weighted by molar-refractivity contribution is 0.272. The second-order valence-electron chi connectivity index (χ2n) is 6.22. The Bertz CT molecular complexity index is 1170. The van der Waals surface area contributed by atoms with E-state index in [1.54, 1.807) is 0 Å². The Morgan fingerprint density at radius 3 is 1.79 bits per heavy atom. The number of hydrogen-bond donors (Lipinski definition) is 0. The van der Waals surface area contributed by atoms with Crippen LogP contribution in [0.3, 0.4) is 0 Å². The monoisotopic (exact) mass is 445 g/mol. The normalized spacial score (nSPS) is 17.5. The molecule has 3 rings (SSSR count).